The molecule has 12 nitrogen and oxygen atoms in total. The number of carbonyl (C=O) groups excluding carboxylic acids is 5. The van der Waals surface area contributed by atoms with Crippen LogP contribution in [0.15, 0.2) is 12.1 Å². The van der Waals surface area contributed by atoms with Crippen LogP contribution in [-0.2, 0) is 38.1 Å². The third-order valence-corrected chi connectivity index (χ3v) is 5.72. The standard InChI is InChI=1S/C22H23NO11/c1-8(24)31-18-16-12-5-14-15(30-7-29-14)6-13(12)22(28)23-17(16)19(32-9(2)25)21(34-11(4)27)20(18)33-10(3)26/h5-6,16-21H,7H2,1-4H3,(H,23,28)/t16-,17-,18-,19+,20-,21+/m1/s1. The molecule has 0 unspecified atom stereocenters. The number of fused-ring (bicyclic) bond motifs is 4. The molecule has 2 heterocycles. The van der Waals surface area contributed by atoms with Gasteiger partial charge in [-0.25, -0.2) is 0 Å². The second-order valence-electron chi connectivity index (χ2n) is 8.11. The van der Waals surface area contributed by atoms with Gasteiger partial charge in [-0.3, -0.25) is 24.0 Å². The van der Waals surface area contributed by atoms with Crippen molar-refractivity contribution in [2.75, 3.05) is 6.79 Å². The third-order valence-electron chi connectivity index (χ3n) is 5.72. The highest BCUT2D eigenvalue weighted by Crippen LogP contribution is 2.47. The Morgan fingerprint density at radius 1 is 0.765 bits per heavy atom. The van der Waals surface area contributed by atoms with E-state index in [2.05, 4.69) is 5.32 Å². The van der Waals surface area contributed by atoms with Crippen LogP contribution in [0, 0.1) is 0 Å². The number of hydrogen-bond acceptors (Lipinski definition) is 11. The zero-order valence-corrected chi connectivity index (χ0v) is 18.8. The summed E-state index contributed by atoms with van der Waals surface area (Å²) in [6.07, 6.45) is -5.18. The predicted octanol–water partition coefficient (Wildman–Crippen LogP) is 0.351. The van der Waals surface area contributed by atoms with Crippen molar-refractivity contribution in [1.29, 1.82) is 0 Å². The molecule has 1 aromatic carbocycles. The van der Waals surface area contributed by atoms with E-state index in [1.54, 1.807) is 6.07 Å². The molecule has 4 rings (SSSR count). The average molecular weight is 477 g/mol. The largest absolute Gasteiger partial charge is 0.458 e. The SMILES string of the molecule is CC(=O)O[C@@H]1[C@H](OC(C)=O)[C@H](OC(C)=O)[C@@H]2c3cc4c(cc3C(=O)N[C@H]2[C@@H]1OC(C)=O)OCO4. The number of esters is 4. The maximum Gasteiger partial charge on any atom is 0.303 e. The predicted molar refractivity (Wildman–Crippen MR) is 109 cm³/mol. The average Bonchev–Trinajstić information content (AvgIpc) is 3.18. The van der Waals surface area contributed by atoms with E-state index < -0.39 is 66.2 Å². The monoisotopic (exact) mass is 477 g/mol. The van der Waals surface area contributed by atoms with Crippen molar-refractivity contribution in [1.82, 2.24) is 5.32 Å². The molecule has 0 bridgehead atoms. The van der Waals surface area contributed by atoms with Crippen LogP contribution in [0.1, 0.15) is 49.5 Å². The topological polar surface area (TPSA) is 153 Å². The summed E-state index contributed by atoms with van der Waals surface area (Å²) in [6.45, 7) is 4.54. The summed E-state index contributed by atoms with van der Waals surface area (Å²) in [5, 5.41) is 2.77. The molecular weight excluding hydrogens is 454 g/mol. The number of ether oxygens (including phenoxy) is 6. The lowest BCUT2D eigenvalue weighted by Crippen LogP contribution is -2.69. The third kappa shape index (κ3) is 4.22. The summed E-state index contributed by atoms with van der Waals surface area (Å²) < 4.78 is 32.7. The fourth-order valence-electron chi connectivity index (χ4n) is 4.71. The van der Waals surface area contributed by atoms with Gasteiger partial charge in [0.1, 0.15) is 0 Å². The van der Waals surface area contributed by atoms with Crippen molar-refractivity contribution in [3.63, 3.8) is 0 Å². The second-order valence-corrected chi connectivity index (χ2v) is 8.11. The van der Waals surface area contributed by atoms with E-state index in [9.17, 15) is 24.0 Å². The number of hydrogen-bond donors (Lipinski definition) is 1. The van der Waals surface area contributed by atoms with Crippen LogP contribution in [0.5, 0.6) is 11.5 Å². The minimum atomic E-state index is -1.37. The minimum Gasteiger partial charge on any atom is -0.458 e. The van der Waals surface area contributed by atoms with Gasteiger partial charge in [0, 0.05) is 39.2 Å². The van der Waals surface area contributed by atoms with Crippen LogP contribution in [0.25, 0.3) is 0 Å². The summed E-state index contributed by atoms with van der Waals surface area (Å²) in [4.78, 5) is 61.0. The minimum absolute atomic E-state index is 0.0397. The first-order valence-corrected chi connectivity index (χ1v) is 10.5. The van der Waals surface area contributed by atoms with E-state index in [1.807, 2.05) is 0 Å². The summed E-state index contributed by atoms with van der Waals surface area (Å²) in [7, 11) is 0. The molecule has 1 N–H and O–H groups in total. The molecule has 2 aliphatic heterocycles. The van der Waals surface area contributed by atoms with Crippen molar-refractivity contribution in [2.24, 2.45) is 0 Å². The molecule has 1 aliphatic carbocycles. The van der Waals surface area contributed by atoms with Gasteiger partial charge < -0.3 is 33.7 Å². The van der Waals surface area contributed by atoms with Gasteiger partial charge in [-0.1, -0.05) is 0 Å². The molecule has 34 heavy (non-hydrogen) atoms. The molecule has 6 atom stereocenters. The van der Waals surface area contributed by atoms with Gasteiger partial charge in [-0.05, 0) is 17.7 Å². The molecule has 182 valence electrons. The Labute approximate surface area is 193 Å². The van der Waals surface area contributed by atoms with E-state index in [-0.39, 0.29) is 12.4 Å². The Kier molecular flexibility index (Phi) is 6.07. The number of nitrogens with one attached hydrogen (secondary N) is 1. The normalized spacial score (nSPS) is 28.5. The molecule has 0 spiro atoms. The lowest BCUT2D eigenvalue weighted by Gasteiger charge is -2.50. The fourth-order valence-corrected chi connectivity index (χ4v) is 4.71. The van der Waals surface area contributed by atoms with Crippen molar-refractivity contribution >= 4 is 29.8 Å². The Hall–Kier alpha value is -3.83. The van der Waals surface area contributed by atoms with Crippen LogP contribution >= 0.6 is 0 Å². The lowest BCUT2D eigenvalue weighted by atomic mass is 9.69. The fraction of sp³-hybridized carbons (Fsp3) is 0.500. The van der Waals surface area contributed by atoms with E-state index in [0.717, 1.165) is 20.8 Å². The van der Waals surface area contributed by atoms with Gasteiger partial charge in [-0.2, -0.15) is 0 Å². The molecule has 0 radical (unpaired) electrons. The van der Waals surface area contributed by atoms with Crippen molar-refractivity contribution in [3.05, 3.63) is 23.3 Å². The molecule has 3 aliphatic rings. The Bertz CT molecular complexity index is 1070. The van der Waals surface area contributed by atoms with E-state index in [1.165, 1.54) is 13.0 Å². The number of amides is 1. The Morgan fingerprint density at radius 3 is 1.79 bits per heavy atom. The van der Waals surface area contributed by atoms with Gasteiger partial charge in [-0.15, -0.1) is 0 Å². The zero-order valence-electron chi connectivity index (χ0n) is 18.8. The highest BCUT2D eigenvalue weighted by Gasteiger charge is 2.60. The molecule has 0 aromatic heterocycles. The molecule has 1 saturated carbocycles. The number of carbonyl (C=O) groups is 5. The van der Waals surface area contributed by atoms with Crippen LogP contribution < -0.4 is 14.8 Å². The molecule has 0 saturated heterocycles. The zero-order chi connectivity index (χ0) is 24.7. The van der Waals surface area contributed by atoms with Gasteiger partial charge >= 0.3 is 23.9 Å². The van der Waals surface area contributed by atoms with Crippen molar-refractivity contribution in [2.45, 2.75) is 64.1 Å². The molecular formula is C22H23NO11. The smallest absolute Gasteiger partial charge is 0.303 e. The van der Waals surface area contributed by atoms with Crippen LogP contribution in [0.4, 0.5) is 0 Å². The molecule has 12 heteroatoms. The van der Waals surface area contributed by atoms with Crippen LogP contribution in [-0.4, -0.2) is 67.0 Å². The van der Waals surface area contributed by atoms with Crippen molar-refractivity contribution < 1.29 is 52.4 Å². The van der Waals surface area contributed by atoms with Gasteiger partial charge in [0.05, 0.1) is 6.04 Å². The number of rotatable bonds is 4. The second kappa shape index (κ2) is 8.84. The molecule has 1 fully saturated rings. The highest BCUT2D eigenvalue weighted by molar-refractivity contribution is 5.98. The summed E-state index contributed by atoms with van der Waals surface area (Å²) >= 11 is 0. The van der Waals surface area contributed by atoms with Gasteiger partial charge in [0.25, 0.3) is 5.91 Å². The maximum absolute atomic E-state index is 13.0. The lowest BCUT2D eigenvalue weighted by molar-refractivity contribution is -0.217. The highest BCUT2D eigenvalue weighted by atomic mass is 16.7. The summed E-state index contributed by atoms with van der Waals surface area (Å²) in [5.41, 5.74) is 0.622. The Morgan fingerprint density at radius 2 is 1.24 bits per heavy atom. The summed E-state index contributed by atoms with van der Waals surface area (Å²) in [6, 6.07) is 2.07. The van der Waals surface area contributed by atoms with E-state index in [0.29, 0.717) is 17.1 Å². The summed E-state index contributed by atoms with van der Waals surface area (Å²) in [5.74, 6) is -3.57. The van der Waals surface area contributed by atoms with E-state index in [4.69, 9.17) is 28.4 Å². The van der Waals surface area contributed by atoms with Crippen molar-refractivity contribution in [3.8, 4) is 11.5 Å². The van der Waals surface area contributed by atoms with Crippen LogP contribution in [0.2, 0.25) is 0 Å². The van der Waals surface area contributed by atoms with Gasteiger partial charge in [0.15, 0.2) is 35.9 Å². The maximum atomic E-state index is 13.0. The van der Waals surface area contributed by atoms with E-state index >= 15 is 0 Å². The van der Waals surface area contributed by atoms with Crippen LogP contribution in [0.3, 0.4) is 0 Å². The quantitative estimate of drug-likeness (QED) is 0.472. The molecule has 1 amide bonds. The first kappa shape index (κ1) is 23.3. The first-order valence-electron chi connectivity index (χ1n) is 10.5. The number of benzene rings is 1. The first-order chi connectivity index (χ1) is 16.1. The van der Waals surface area contributed by atoms with Gasteiger partial charge in [0.2, 0.25) is 6.79 Å². The molecule has 1 aromatic rings. The Balaban J connectivity index is 1.91.